The lowest BCUT2D eigenvalue weighted by atomic mass is 9.74. The molecule has 2 heterocycles. The average Bonchev–Trinajstić information content (AvgIpc) is 3.15. The van der Waals surface area contributed by atoms with Crippen molar-refractivity contribution in [2.24, 2.45) is 0 Å². The Morgan fingerprint density at radius 3 is 2.68 bits per heavy atom. The van der Waals surface area contributed by atoms with Crippen LogP contribution in [0.2, 0.25) is 0 Å². The third kappa shape index (κ3) is 2.89. The van der Waals surface area contributed by atoms with Gasteiger partial charge in [0, 0.05) is 46.4 Å². The van der Waals surface area contributed by atoms with Gasteiger partial charge in [-0.2, -0.15) is 0 Å². The largest absolute Gasteiger partial charge is 0.496 e. The zero-order chi connectivity index (χ0) is 17.4. The number of benzene rings is 1. The molecule has 2 aromatic rings. The van der Waals surface area contributed by atoms with E-state index in [-0.39, 0.29) is 29.9 Å². The maximum absolute atomic E-state index is 13.0. The van der Waals surface area contributed by atoms with Gasteiger partial charge in [-0.05, 0) is 23.9 Å². The van der Waals surface area contributed by atoms with Crippen molar-refractivity contribution in [3.63, 3.8) is 0 Å². The predicted octanol–water partition coefficient (Wildman–Crippen LogP) is 3.76. The van der Waals surface area contributed by atoms with Crippen molar-refractivity contribution >= 4 is 23.0 Å². The highest BCUT2D eigenvalue weighted by Crippen LogP contribution is 2.45. The summed E-state index contributed by atoms with van der Waals surface area (Å²) in [7, 11) is 1.62. The number of thiophene rings is 1. The molecule has 1 amide bonds. The van der Waals surface area contributed by atoms with E-state index in [1.165, 1.54) is 4.88 Å². The highest BCUT2D eigenvalue weighted by Gasteiger charge is 2.39. The van der Waals surface area contributed by atoms with Crippen molar-refractivity contribution in [3.8, 4) is 5.75 Å². The molecule has 4 rings (SSSR count). The molecule has 1 N–H and O–H groups in total. The number of Topliss-reactive ketones (excluding diaryl/α,β-unsaturated/α-hetero) is 1. The van der Waals surface area contributed by atoms with Gasteiger partial charge in [0.1, 0.15) is 5.75 Å². The highest BCUT2D eigenvalue weighted by atomic mass is 32.1. The van der Waals surface area contributed by atoms with Crippen LogP contribution in [-0.4, -0.2) is 18.8 Å². The molecule has 128 valence electrons. The number of ketones is 1. The third-order valence-electron chi connectivity index (χ3n) is 5.00. The summed E-state index contributed by atoms with van der Waals surface area (Å²) in [5, 5.41) is 4.99. The van der Waals surface area contributed by atoms with E-state index in [2.05, 4.69) is 11.4 Å². The predicted molar refractivity (Wildman–Crippen MR) is 96.8 cm³/mol. The summed E-state index contributed by atoms with van der Waals surface area (Å²) in [5.41, 5.74) is 2.47. The van der Waals surface area contributed by atoms with Crippen LogP contribution in [0.15, 0.2) is 53.0 Å². The molecule has 0 saturated carbocycles. The minimum absolute atomic E-state index is 0.0331. The van der Waals surface area contributed by atoms with Crippen molar-refractivity contribution in [1.29, 1.82) is 0 Å². The molecule has 1 aromatic carbocycles. The molecule has 1 aromatic heterocycles. The third-order valence-corrected chi connectivity index (χ3v) is 6.03. The molecule has 0 bridgehead atoms. The topological polar surface area (TPSA) is 55.4 Å². The van der Waals surface area contributed by atoms with Gasteiger partial charge in [0.2, 0.25) is 5.91 Å². The van der Waals surface area contributed by atoms with Gasteiger partial charge >= 0.3 is 0 Å². The summed E-state index contributed by atoms with van der Waals surface area (Å²) in [6, 6.07) is 11.7. The summed E-state index contributed by atoms with van der Waals surface area (Å²) >= 11 is 1.67. The Balaban J connectivity index is 1.76. The van der Waals surface area contributed by atoms with Crippen LogP contribution in [0, 0.1) is 0 Å². The van der Waals surface area contributed by atoms with E-state index in [0.29, 0.717) is 12.8 Å². The van der Waals surface area contributed by atoms with Gasteiger partial charge in [-0.25, -0.2) is 0 Å². The van der Waals surface area contributed by atoms with Crippen molar-refractivity contribution in [1.82, 2.24) is 5.32 Å². The van der Waals surface area contributed by atoms with Crippen molar-refractivity contribution in [3.05, 3.63) is 63.5 Å². The molecular formula is C20H19NO3S. The van der Waals surface area contributed by atoms with Gasteiger partial charge in [0.05, 0.1) is 7.11 Å². The smallest absolute Gasteiger partial charge is 0.225 e. The number of hydrogen-bond acceptors (Lipinski definition) is 4. The van der Waals surface area contributed by atoms with Crippen molar-refractivity contribution < 1.29 is 14.3 Å². The summed E-state index contributed by atoms with van der Waals surface area (Å²) in [4.78, 5) is 26.5. The molecule has 0 saturated heterocycles. The molecule has 2 atom stereocenters. The van der Waals surface area contributed by atoms with E-state index >= 15 is 0 Å². The highest BCUT2D eigenvalue weighted by molar-refractivity contribution is 7.10. The molecule has 0 spiro atoms. The van der Waals surface area contributed by atoms with Gasteiger partial charge < -0.3 is 10.1 Å². The number of carbonyl (C=O) groups is 2. The van der Waals surface area contributed by atoms with E-state index in [1.54, 1.807) is 18.4 Å². The lowest BCUT2D eigenvalue weighted by molar-refractivity contribution is -0.122. The standard InChI is InChI=1S/C20H19NO3S/c1-24-17-6-3-2-5-13(17)14-11-19(23)21-15-9-12(10-16(22)20(14)15)18-7-4-8-25-18/h2-8,12,14H,9-11H2,1H3,(H,21,23)/t12-,14-/m1/s1. The Hall–Kier alpha value is -2.40. The molecule has 2 aliphatic rings. The Kier molecular flexibility index (Phi) is 4.17. The Morgan fingerprint density at radius 1 is 1.08 bits per heavy atom. The van der Waals surface area contributed by atoms with Crippen LogP contribution in [0.5, 0.6) is 5.75 Å². The number of nitrogens with one attached hydrogen (secondary N) is 1. The average molecular weight is 353 g/mol. The van der Waals surface area contributed by atoms with E-state index < -0.39 is 0 Å². The van der Waals surface area contributed by atoms with Crippen LogP contribution in [-0.2, 0) is 9.59 Å². The van der Waals surface area contributed by atoms with Crippen LogP contribution < -0.4 is 10.1 Å². The van der Waals surface area contributed by atoms with Gasteiger partial charge in [0.25, 0.3) is 0 Å². The summed E-state index contributed by atoms with van der Waals surface area (Å²) in [6.07, 6.45) is 1.49. The Bertz CT molecular complexity index is 854. The summed E-state index contributed by atoms with van der Waals surface area (Å²) < 4.78 is 5.46. The van der Waals surface area contributed by atoms with Crippen molar-refractivity contribution in [2.45, 2.75) is 31.1 Å². The SMILES string of the molecule is COc1ccccc1[C@H]1CC(=O)NC2=C1C(=O)C[C@H](c1cccs1)C2. The molecule has 1 aliphatic heterocycles. The second kappa shape index (κ2) is 6.48. The molecular weight excluding hydrogens is 334 g/mol. The molecule has 0 radical (unpaired) electrons. The van der Waals surface area contributed by atoms with Gasteiger partial charge in [-0.3, -0.25) is 9.59 Å². The van der Waals surface area contributed by atoms with Gasteiger partial charge in [-0.15, -0.1) is 11.3 Å². The Morgan fingerprint density at radius 2 is 1.92 bits per heavy atom. The monoisotopic (exact) mass is 353 g/mol. The fourth-order valence-electron chi connectivity index (χ4n) is 3.90. The first-order valence-electron chi connectivity index (χ1n) is 8.39. The molecule has 4 nitrogen and oxygen atoms in total. The number of amides is 1. The fourth-order valence-corrected chi connectivity index (χ4v) is 4.74. The number of para-hydroxylation sites is 1. The Labute approximate surface area is 150 Å². The van der Waals surface area contributed by atoms with Gasteiger partial charge in [-0.1, -0.05) is 24.3 Å². The van der Waals surface area contributed by atoms with Crippen LogP contribution in [0.4, 0.5) is 0 Å². The molecule has 0 fully saturated rings. The fraction of sp³-hybridized carbons (Fsp3) is 0.300. The maximum Gasteiger partial charge on any atom is 0.225 e. The van der Waals surface area contributed by atoms with Crippen LogP contribution in [0.3, 0.4) is 0 Å². The lowest BCUT2D eigenvalue weighted by Gasteiger charge is -2.34. The summed E-state index contributed by atoms with van der Waals surface area (Å²) in [5.74, 6) is 0.756. The van der Waals surface area contributed by atoms with Crippen LogP contribution in [0.1, 0.15) is 41.5 Å². The first-order chi connectivity index (χ1) is 12.2. The van der Waals surface area contributed by atoms with E-state index in [4.69, 9.17) is 4.74 Å². The minimum atomic E-state index is -0.225. The number of carbonyl (C=O) groups excluding carboxylic acids is 2. The zero-order valence-corrected chi connectivity index (χ0v) is 14.8. The number of rotatable bonds is 3. The summed E-state index contributed by atoms with van der Waals surface area (Å²) in [6.45, 7) is 0. The van der Waals surface area contributed by atoms with Crippen LogP contribution in [0.25, 0.3) is 0 Å². The van der Waals surface area contributed by atoms with E-state index in [9.17, 15) is 9.59 Å². The lowest BCUT2D eigenvalue weighted by Crippen LogP contribution is -2.38. The molecule has 0 unspecified atom stereocenters. The maximum atomic E-state index is 13.0. The first-order valence-corrected chi connectivity index (χ1v) is 9.27. The minimum Gasteiger partial charge on any atom is -0.496 e. The number of ether oxygens (including phenoxy) is 1. The first kappa shape index (κ1) is 16.1. The van der Waals surface area contributed by atoms with E-state index in [1.807, 2.05) is 35.7 Å². The van der Waals surface area contributed by atoms with Crippen molar-refractivity contribution in [2.75, 3.05) is 7.11 Å². The number of hydrogen-bond donors (Lipinski definition) is 1. The number of allylic oxidation sites excluding steroid dienone is 2. The number of methoxy groups -OCH3 is 1. The molecule has 1 aliphatic carbocycles. The quantitative estimate of drug-likeness (QED) is 0.914. The molecule has 5 heteroatoms. The molecule has 25 heavy (non-hydrogen) atoms. The normalized spacial score (nSPS) is 23.2. The van der Waals surface area contributed by atoms with E-state index in [0.717, 1.165) is 22.6 Å². The van der Waals surface area contributed by atoms with Gasteiger partial charge in [0.15, 0.2) is 5.78 Å². The second-order valence-corrected chi connectivity index (χ2v) is 7.46. The second-order valence-electron chi connectivity index (χ2n) is 6.48. The zero-order valence-electron chi connectivity index (χ0n) is 14.0. The van der Waals surface area contributed by atoms with Crippen LogP contribution >= 0.6 is 11.3 Å².